The third-order valence-corrected chi connectivity index (χ3v) is 5.05. The Kier molecular flexibility index (Phi) is 10.6. The number of carbonyl (C=O) groups is 1. The van der Waals surface area contributed by atoms with Crippen molar-refractivity contribution in [3.05, 3.63) is 35.4 Å². The van der Waals surface area contributed by atoms with Gasteiger partial charge in [-0.05, 0) is 30.9 Å². The first-order valence-corrected chi connectivity index (χ1v) is 9.23. The van der Waals surface area contributed by atoms with E-state index in [1.54, 1.807) is 0 Å². The van der Waals surface area contributed by atoms with Crippen LogP contribution in [0.25, 0.3) is 0 Å². The van der Waals surface area contributed by atoms with Crippen molar-refractivity contribution >= 4 is 30.7 Å². The van der Waals surface area contributed by atoms with Crippen molar-refractivity contribution in [3.8, 4) is 0 Å². The zero-order valence-electron chi connectivity index (χ0n) is 15.7. The predicted molar refractivity (Wildman–Crippen MR) is 111 cm³/mol. The number of piperidine rings is 1. The van der Waals surface area contributed by atoms with Gasteiger partial charge in [-0.2, -0.15) is 0 Å². The minimum atomic E-state index is -0.275. The second-order valence-corrected chi connectivity index (χ2v) is 7.05. The first-order valence-electron chi connectivity index (χ1n) is 9.23. The van der Waals surface area contributed by atoms with Crippen molar-refractivity contribution in [3.63, 3.8) is 0 Å². The van der Waals surface area contributed by atoms with Gasteiger partial charge in [0.1, 0.15) is 6.04 Å². The molecule has 154 valence electrons. The number of hydrogen-bond donors (Lipinski definition) is 3. The zero-order valence-corrected chi connectivity index (χ0v) is 17.4. The van der Waals surface area contributed by atoms with Crippen LogP contribution in [0.1, 0.15) is 30.9 Å². The molecule has 0 spiro atoms. The van der Waals surface area contributed by atoms with Crippen LogP contribution >= 0.6 is 24.8 Å². The fourth-order valence-corrected chi connectivity index (χ4v) is 3.42. The van der Waals surface area contributed by atoms with Gasteiger partial charge in [0, 0.05) is 32.7 Å². The first kappa shape index (κ1) is 24.1. The van der Waals surface area contributed by atoms with E-state index in [0.29, 0.717) is 19.7 Å². The van der Waals surface area contributed by atoms with Crippen molar-refractivity contribution in [2.24, 2.45) is 0 Å². The zero-order chi connectivity index (χ0) is 17.6. The normalized spacial score (nSPS) is 23.8. The number of aliphatic hydroxyl groups is 1. The number of amides is 1. The standard InChI is InChI=1S/C19H29N3O3.2ClH/c1-14-18(20-8-11-25-14)19(24)21-12-15-2-4-16(5-3-15)13-22-9-6-17(23)7-10-22;;/h2-5,14,17-18,20,23H,6-13H2,1H3,(H,21,24);2*1H/t14-,18+;;/m1../s1. The predicted octanol–water partition coefficient (Wildman–Crippen LogP) is 1.48. The van der Waals surface area contributed by atoms with Crippen LogP contribution in [0.5, 0.6) is 0 Å². The van der Waals surface area contributed by atoms with Gasteiger partial charge >= 0.3 is 0 Å². The van der Waals surface area contributed by atoms with Crippen LogP contribution in [0.15, 0.2) is 24.3 Å². The largest absolute Gasteiger partial charge is 0.393 e. The van der Waals surface area contributed by atoms with E-state index in [-0.39, 0.29) is 49.0 Å². The van der Waals surface area contributed by atoms with Gasteiger partial charge in [0.05, 0.1) is 18.8 Å². The van der Waals surface area contributed by atoms with Crippen LogP contribution in [-0.4, -0.2) is 60.4 Å². The van der Waals surface area contributed by atoms with Crippen molar-refractivity contribution in [2.45, 2.75) is 51.1 Å². The van der Waals surface area contributed by atoms with E-state index in [4.69, 9.17) is 4.74 Å². The Morgan fingerprint density at radius 1 is 1.22 bits per heavy atom. The van der Waals surface area contributed by atoms with E-state index in [1.165, 1.54) is 5.56 Å². The van der Waals surface area contributed by atoms with Gasteiger partial charge in [0.2, 0.25) is 5.91 Å². The molecular formula is C19H31Cl2N3O3. The fourth-order valence-electron chi connectivity index (χ4n) is 3.42. The average Bonchev–Trinajstić information content (AvgIpc) is 2.63. The average molecular weight is 420 g/mol. The van der Waals surface area contributed by atoms with E-state index in [9.17, 15) is 9.90 Å². The summed E-state index contributed by atoms with van der Waals surface area (Å²) in [5, 5.41) is 15.8. The summed E-state index contributed by atoms with van der Waals surface area (Å²) in [6.45, 7) is 6.64. The van der Waals surface area contributed by atoms with Crippen LogP contribution in [0.4, 0.5) is 0 Å². The Labute approximate surface area is 173 Å². The molecule has 6 nitrogen and oxygen atoms in total. The molecular weight excluding hydrogens is 389 g/mol. The van der Waals surface area contributed by atoms with Crippen LogP contribution in [0, 0.1) is 0 Å². The highest BCUT2D eigenvalue weighted by atomic mass is 35.5. The second kappa shape index (κ2) is 11.8. The molecule has 0 saturated carbocycles. The molecule has 0 radical (unpaired) electrons. The van der Waals surface area contributed by atoms with Gasteiger partial charge in [-0.15, -0.1) is 24.8 Å². The van der Waals surface area contributed by atoms with Gasteiger partial charge in [0.25, 0.3) is 0 Å². The van der Waals surface area contributed by atoms with E-state index in [0.717, 1.165) is 38.0 Å². The molecule has 2 atom stereocenters. The van der Waals surface area contributed by atoms with Crippen molar-refractivity contribution in [1.82, 2.24) is 15.5 Å². The van der Waals surface area contributed by atoms with E-state index >= 15 is 0 Å². The summed E-state index contributed by atoms with van der Waals surface area (Å²) in [4.78, 5) is 14.6. The molecule has 0 bridgehead atoms. The number of nitrogens with one attached hydrogen (secondary N) is 2. The van der Waals surface area contributed by atoms with Gasteiger partial charge in [-0.3, -0.25) is 9.69 Å². The topological polar surface area (TPSA) is 73.8 Å². The minimum Gasteiger partial charge on any atom is -0.393 e. The van der Waals surface area contributed by atoms with Crippen molar-refractivity contribution in [1.29, 1.82) is 0 Å². The Bertz CT molecular complexity index is 566. The third kappa shape index (κ3) is 7.22. The molecule has 2 fully saturated rings. The monoisotopic (exact) mass is 419 g/mol. The number of halogens is 2. The molecule has 3 N–H and O–H groups in total. The summed E-state index contributed by atoms with van der Waals surface area (Å²) >= 11 is 0. The molecule has 1 aromatic rings. The number of benzene rings is 1. The van der Waals surface area contributed by atoms with Gasteiger partial charge < -0.3 is 20.5 Å². The molecule has 2 aliphatic rings. The Balaban J connectivity index is 0.00000182. The highest BCUT2D eigenvalue weighted by Crippen LogP contribution is 2.14. The van der Waals surface area contributed by atoms with Crippen LogP contribution in [-0.2, 0) is 22.6 Å². The van der Waals surface area contributed by atoms with Crippen molar-refractivity contribution in [2.75, 3.05) is 26.2 Å². The summed E-state index contributed by atoms with van der Waals surface area (Å²) < 4.78 is 5.51. The lowest BCUT2D eigenvalue weighted by molar-refractivity contribution is -0.129. The first-order chi connectivity index (χ1) is 12.1. The maximum Gasteiger partial charge on any atom is 0.240 e. The van der Waals surface area contributed by atoms with E-state index in [1.807, 2.05) is 6.92 Å². The van der Waals surface area contributed by atoms with E-state index < -0.39 is 0 Å². The molecule has 0 aliphatic carbocycles. The number of morpholine rings is 1. The number of likely N-dealkylation sites (tertiary alicyclic amines) is 1. The molecule has 1 amide bonds. The molecule has 8 heteroatoms. The van der Waals surface area contributed by atoms with E-state index in [2.05, 4.69) is 39.8 Å². The molecule has 2 aliphatic heterocycles. The number of carbonyl (C=O) groups excluding carboxylic acids is 1. The molecule has 2 heterocycles. The number of aliphatic hydroxyl groups excluding tert-OH is 1. The maximum absolute atomic E-state index is 12.3. The molecule has 0 unspecified atom stereocenters. The summed E-state index contributed by atoms with van der Waals surface area (Å²) in [6.07, 6.45) is 1.50. The molecule has 0 aromatic heterocycles. The highest BCUT2D eigenvalue weighted by molar-refractivity contribution is 5.85. The SMILES string of the molecule is C[C@H]1OCCN[C@@H]1C(=O)NCc1ccc(CN2CCC(O)CC2)cc1.Cl.Cl. The van der Waals surface area contributed by atoms with Crippen molar-refractivity contribution < 1.29 is 14.6 Å². The quantitative estimate of drug-likeness (QED) is 0.673. The lowest BCUT2D eigenvalue weighted by Crippen LogP contribution is -2.55. The molecule has 1 aromatic carbocycles. The second-order valence-electron chi connectivity index (χ2n) is 7.05. The van der Waals surface area contributed by atoms with Gasteiger partial charge in [-0.1, -0.05) is 24.3 Å². The number of hydrogen-bond acceptors (Lipinski definition) is 5. The molecule has 3 rings (SSSR count). The third-order valence-electron chi connectivity index (χ3n) is 5.05. The van der Waals surface area contributed by atoms with Crippen LogP contribution < -0.4 is 10.6 Å². The lowest BCUT2D eigenvalue weighted by Gasteiger charge is -2.29. The smallest absolute Gasteiger partial charge is 0.240 e. The molecule has 2 saturated heterocycles. The summed E-state index contributed by atoms with van der Waals surface area (Å²) in [5.41, 5.74) is 2.36. The molecule has 27 heavy (non-hydrogen) atoms. The Hall–Kier alpha value is -0.890. The Morgan fingerprint density at radius 3 is 2.48 bits per heavy atom. The highest BCUT2D eigenvalue weighted by Gasteiger charge is 2.27. The summed E-state index contributed by atoms with van der Waals surface area (Å²) in [5.74, 6) is -0.0110. The van der Waals surface area contributed by atoms with Gasteiger partial charge in [-0.25, -0.2) is 0 Å². The lowest BCUT2D eigenvalue weighted by atomic mass is 10.1. The minimum absolute atomic E-state index is 0. The van der Waals surface area contributed by atoms with Gasteiger partial charge in [0.15, 0.2) is 0 Å². The number of ether oxygens (including phenoxy) is 1. The van der Waals surface area contributed by atoms with Crippen LogP contribution in [0.3, 0.4) is 0 Å². The van der Waals surface area contributed by atoms with Crippen LogP contribution in [0.2, 0.25) is 0 Å². The Morgan fingerprint density at radius 2 is 1.85 bits per heavy atom. The number of rotatable bonds is 5. The fraction of sp³-hybridized carbons (Fsp3) is 0.632. The summed E-state index contributed by atoms with van der Waals surface area (Å²) in [6, 6.07) is 8.11. The number of nitrogens with zero attached hydrogens (tertiary/aromatic N) is 1. The summed E-state index contributed by atoms with van der Waals surface area (Å²) in [7, 11) is 0. The maximum atomic E-state index is 12.3.